The van der Waals surface area contributed by atoms with Crippen LogP contribution in [-0.4, -0.2) is 32.7 Å². The smallest absolute Gasteiger partial charge is 0.253 e. The predicted molar refractivity (Wildman–Crippen MR) is 83.0 cm³/mol. The van der Waals surface area contributed by atoms with E-state index >= 15 is 0 Å². The lowest BCUT2D eigenvalue weighted by atomic mass is 10.1. The highest BCUT2D eigenvalue weighted by Crippen LogP contribution is 2.19. The van der Waals surface area contributed by atoms with Crippen molar-refractivity contribution in [3.8, 4) is 0 Å². The lowest BCUT2D eigenvalue weighted by molar-refractivity contribution is 0.0963. The molecule has 5 nitrogen and oxygen atoms in total. The van der Waals surface area contributed by atoms with Crippen LogP contribution in [0.15, 0.2) is 18.2 Å². The van der Waals surface area contributed by atoms with Gasteiger partial charge in [0.1, 0.15) is 0 Å². The number of rotatable bonds is 8. The van der Waals surface area contributed by atoms with Crippen LogP contribution in [-0.2, 0) is 4.74 Å². The highest BCUT2D eigenvalue weighted by Gasteiger charge is 2.09. The Balaban J connectivity index is 2.46. The van der Waals surface area contributed by atoms with Crippen LogP contribution in [0, 0.1) is 5.92 Å². The number of hydrogen-bond donors (Lipinski definition) is 3. The van der Waals surface area contributed by atoms with E-state index in [9.17, 15) is 4.79 Å². The molecule has 0 saturated carbocycles. The number of amides is 1. The molecule has 0 aromatic heterocycles. The van der Waals surface area contributed by atoms with Crippen LogP contribution >= 0.6 is 0 Å². The minimum Gasteiger partial charge on any atom is -0.399 e. The van der Waals surface area contributed by atoms with Gasteiger partial charge in [0.25, 0.3) is 5.91 Å². The zero-order valence-electron chi connectivity index (χ0n) is 12.5. The largest absolute Gasteiger partial charge is 0.399 e. The van der Waals surface area contributed by atoms with Crippen LogP contribution in [0.4, 0.5) is 11.4 Å². The third kappa shape index (κ3) is 5.48. The van der Waals surface area contributed by atoms with Gasteiger partial charge in [-0.3, -0.25) is 4.79 Å². The number of carbonyl (C=O) groups is 1. The van der Waals surface area contributed by atoms with Crippen LogP contribution in [0.3, 0.4) is 0 Å². The van der Waals surface area contributed by atoms with Gasteiger partial charge in [-0.1, -0.05) is 13.8 Å². The molecule has 0 saturated heterocycles. The van der Waals surface area contributed by atoms with Crippen molar-refractivity contribution >= 4 is 17.3 Å². The van der Waals surface area contributed by atoms with Crippen LogP contribution in [0.2, 0.25) is 0 Å². The molecule has 1 aromatic carbocycles. The number of hydrogen-bond acceptors (Lipinski definition) is 4. The van der Waals surface area contributed by atoms with Gasteiger partial charge in [-0.25, -0.2) is 0 Å². The van der Waals surface area contributed by atoms with Crippen LogP contribution in [0.1, 0.15) is 30.6 Å². The average molecular weight is 279 g/mol. The van der Waals surface area contributed by atoms with Gasteiger partial charge in [0.05, 0.1) is 12.2 Å². The van der Waals surface area contributed by atoms with Gasteiger partial charge in [-0.2, -0.15) is 0 Å². The Bertz CT molecular complexity index is 433. The Morgan fingerprint density at radius 1 is 1.35 bits per heavy atom. The van der Waals surface area contributed by atoms with E-state index in [0.717, 1.165) is 18.7 Å². The maximum atomic E-state index is 11.7. The van der Waals surface area contributed by atoms with Gasteiger partial charge in [-0.15, -0.1) is 0 Å². The number of anilines is 2. The molecule has 0 aliphatic rings. The molecule has 4 N–H and O–H groups in total. The summed E-state index contributed by atoms with van der Waals surface area (Å²) in [6.07, 6.45) is 1.06. The zero-order valence-corrected chi connectivity index (χ0v) is 12.5. The van der Waals surface area contributed by atoms with Crippen LogP contribution < -0.4 is 16.4 Å². The summed E-state index contributed by atoms with van der Waals surface area (Å²) in [7, 11) is 1.61. The Morgan fingerprint density at radius 3 is 2.75 bits per heavy atom. The molecule has 0 fully saturated rings. The van der Waals surface area contributed by atoms with E-state index in [1.165, 1.54) is 0 Å². The highest BCUT2D eigenvalue weighted by molar-refractivity contribution is 6.00. The van der Waals surface area contributed by atoms with E-state index in [-0.39, 0.29) is 5.91 Å². The lowest BCUT2D eigenvalue weighted by Crippen LogP contribution is -2.21. The molecule has 20 heavy (non-hydrogen) atoms. The molecule has 0 bridgehead atoms. The summed E-state index contributed by atoms with van der Waals surface area (Å²) in [5.74, 6) is 0.518. The van der Waals surface area contributed by atoms with E-state index in [2.05, 4.69) is 24.5 Å². The molecule has 1 aromatic rings. The zero-order chi connectivity index (χ0) is 15.0. The molecule has 0 spiro atoms. The van der Waals surface area contributed by atoms with Gasteiger partial charge in [0, 0.05) is 31.6 Å². The molecule has 0 atom stereocenters. The standard InChI is InChI=1S/C15H25N3O2/c1-11(2)6-8-20-9-7-18-14-10-12(16)4-5-13(14)15(19)17-3/h4-5,10-11,18H,6-9,16H2,1-3H3,(H,17,19). The summed E-state index contributed by atoms with van der Waals surface area (Å²) in [6.45, 7) is 6.35. The van der Waals surface area contributed by atoms with Crippen molar-refractivity contribution in [2.24, 2.45) is 5.92 Å². The third-order valence-corrected chi connectivity index (χ3v) is 2.92. The SMILES string of the molecule is CNC(=O)c1ccc(N)cc1NCCOCCC(C)C. The molecule has 0 aliphatic heterocycles. The first kappa shape index (κ1) is 16.3. The van der Waals surface area contributed by atoms with E-state index in [0.29, 0.717) is 30.3 Å². The minimum atomic E-state index is -0.131. The van der Waals surface area contributed by atoms with Gasteiger partial charge in [0.2, 0.25) is 0 Å². The average Bonchev–Trinajstić information content (AvgIpc) is 2.41. The van der Waals surface area contributed by atoms with Crippen molar-refractivity contribution in [3.63, 3.8) is 0 Å². The van der Waals surface area contributed by atoms with Crippen LogP contribution in [0.5, 0.6) is 0 Å². The van der Waals surface area contributed by atoms with Gasteiger partial charge in [0.15, 0.2) is 0 Å². The van der Waals surface area contributed by atoms with Crippen molar-refractivity contribution in [3.05, 3.63) is 23.8 Å². The maximum Gasteiger partial charge on any atom is 0.253 e. The third-order valence-electron chi connectivity index (χ3n) is 2.92. The molecule has 1 amide bonds. The van der Waals surface area contributed by atoms with Crippen LogP contribution in [0.25, 0.3) is 0 Å². The summed E-state index contributed by atoms with van der Waals surface area (Å²) < 4.78 is 5.53. The molecule has 0 heterocycles. The van der Waals surface area contributed by atoms with Crippen molar-refractivity contribution < 1.29 is 9.53 Å². The lowest BCUT2D eigenvalue weighted by Gasteiger charge is -2.12. The molecular weight excluding hydrogens is 254 g/mol. The molecule has 1 rings (SSSR count). The Labute approximate surface area is 120 Å². The first-order valence-electron chi connectivity index (χ1n) is 6.97. The Hall–Kier alpha value is -1.75. The monoisotopic (exact) mass is 279 g/mol. The van der Waals surface area contributed by atoms with Gasteiger partial charge >= 0.3 is 0 Å². The second-order valence-corrected chi connectivity index (χ2v) is 5.11. The summed E-state index contributed by atoms with van der Waals surface area (Å²) in [5, 5.41) is 5.80. The molecule has 5 heteroatoms. The summed E-state index contributed by atoms with van der Waals surface area (Å²) in [4.78, 5) is 11.7. The predicted octanol–water partition coefficient (Wildman–Crippen LogP) is 2.10. The number of nitrogen functional groups attached to an aromatic ring is 1. The fourth-order valence-corrected chi connectivity index (χ4v) is 1.72. The number of carbonyl (C=O) groups excluding carboxylic acids is 1. The van der Waals surface area contributed by atoms with Crippen molar-refractivity contribution in [1.82, 2.24) is 5.32 Å². The number of benzene rings is 1. The summed E-state index contributed by atoms with van der Waals surface area (Å²) in [5.41, 5.74) is 7.70. The van der Waals surface area contributed by atoms with Gasteiger partial charge < -0.3 is 21.1 Å². The summed E-state index contributed by atoms with van der Waals surface area (Å²) in [6, 6.07) is 5.20. The van der Waals surface area contributed by atoms with Gasteiger partial charge in [-0.05, 0) is 30.5 Å². The first-order chi connectivity index (χ1) is 9.54. The topological polar surface area (TPSA) is 76.4 Å². The normalized spacial score (nSPS) is 10.6. The minimum absolute atomic E-state index is 0.131. The number of nitrogens with one attached hydrogen (secondary N) is 2. The number of ether oxygens (including phenoxy) is 1. The van der Waals surface area contributed by atoms with Crippen molar-refractivity contribution in [1.29, 1.82) is 0 Å². The first-order valence-corrected chi connectivity index (χ1v) is 6.97. The summed E-state index contributed by atoms with van der Waals surface area (Å²) >= 11 is 0. The van der Waals surface area contributed by atoms with E-state index < -0.39 is 0 Å². The fraction of sp³-hybridized carbons (Fsp3) is 0.533. The second kappa shape index (κ2) is 8.43. The highest BCUT2D eigenvalue weighted by atomic mass is 16.5. The fourth-order valence-electron chi connectivity index (χ4n) is 1.72. The molecule has 0 unspecified atom stereocenters. The van der Waals surface area contributed by atoms with E-state index in [1.807, 2.05) is 0 Å². The molecule has 0 radical (unpaired) electrons. The number of nitrogens with two attached hydrogens (primary N) is 1. The Morgan fingerprint density at radius 2 is 2.10 bits per heavy atom. The van der Waals surface area contributed by atoms with Crippen molar-refractivity contribution in [2.75, 3.05) is 37.9 Å². The molecule has 112 valence electrons. The van der Waals surface area contributed by atoms with E-state index in [1.54, 1.807) is 25.2 Å². The molecule has 0 aliphatic carbocycles. The maximum absolute atomic E-state index is 11.7. The second-order valence-electron chi connectivity index (χ2n) is 5.11. The quantitative estimate of drug-likeness (QED) is 0.503. The molecular formula is C15H25N3O2. The Kier molecular flexibility index (Phi) is 6.87. The van der Waals surface area contributed by atoms with Crippen molar-refractivity contribution in [2.45, 2.75) is 20.3 Å². The van der Waals surface area contributed by atoms with E-state index in [4.69, 9.17) is 10.5 Å².